The Labute approximate surface area is 174 Å². The van der Waals surface area contributed by atoms with Crippen LogP contribution in [0.1, 0.15) is 10.9 Å². The summed E-state index contributed by atoms with van der Waals surface area (Å²) < 4.78 is 7.07. The number of anilines is 1. The number of halogens is 2. The topological polar surface area (TPSA) is 105 Å². The summed E-state index contributed by atoms with van der Waals surface area (Å²) in [4.78, 5) is 12.9. The largest absolute Gasteiger partial charge is 0.496 e. The van der Waals surface area contributed by atoms with E-state index in [1.165, 1.54) is 11.8 Å². The quantitative estimate of drug-likeness (QED) is 0.518. The first-order valence-electron chi connectivity index (χ1n) is 8.42. The number of nitrogens with one attached hydrogen (secondary N) is 1. The Hall–Kier alpha value is -1.78. The number of aliphatic hydroxyl groups is 2. The number of fused-ring (bicyclic) bond motifs is 1. The minimum absolute atomic E-state index is 0.0489. The van der Waals surface area contributed by atoms with E-state index < -0.39 is 17.6 Å². The molecular formula is C17H17Cl2N5O3S. The van der Waals surface area contributed by atoms with Crippen LogP contribution < -0.4 is 10.1 Å². The number of ether oxygens (including phenoxy) is 1. The third kappa shape index (κ3) is 3.60. The van der Waals surface area contributed by atoms with E-state index in [0.717, 1.165) is 5.56 Å². The Morgan fingerprint density at radius 2 is 2.14 bits per heavy atom. The molecule has 0 radical (unpaired) electrons. The number of benzene rings is 1. The first-order chi connectivity index (χ1) is 13.5. The van der Waals surface area contributed by atoms with E-state index in [2.05, 4.69) is 20.3 Å². The Morgan fingerprint density at radius 3 is 2.86 bits per heavy atom. The predicted octanol–water partition coefficient (Wildman–Crippen LogP) is 2.72. The lowest BCUT2D eigenvalue weighted by Gasteiger charge is -2.17. The van der Waals surface area contributed by atoms with Crippen LogP contribution in [-0.4, -0.2) is 54.8 Å². The maximum Gasteiger partial charge on any atom is 0.226 e. The number of nitrogens with zero attached hydrogens (tertiary/aromatic N) is 4. The Balaban J connectivity index is 1.66. The van der Waals surface area contributed by atoms with Gasteiger partial charge in [-0.2, -0.15) is 9.97 Å². The zero-order valence-electron chi connectivity index (χ0n) is 14.7. The number of imidazole rings is 1. The van der Waals surface area contributed by atoms with Gasteiger partial charge in [-0.3, -0.25) is 4.57 Å². The lowest BCUT2D eigenvalue weighted by molar-refractivity contribution is 0.0313. The molecule has 148 valence electrons. The maximum absolute atomic E-state index is 10.2. The minimum Gasteiger partial charge on any atom is -0.496 e. The van der Waals surface area contributed by atoms with E-state index in [-0.39, 0.29) is 5.28 Å². The highest BCUT2D eigenvalue weighted by molar-refractivity contribution is 7.99. The maximum atomic E-state index is 10.2. The van der Waals surface area contributed by atoms with Crippen LogP contribution in [0.5, 0.6) is 5.75 Å². The second-order valence-electron chi connectivity index (χ2n) is 6.26. The summed E-state index contributed by atoms with van der Waals surface area (Å²) in [6.45, 7) is 0.387. The first-order valence-corrected chi connectivity index (χ1v) is 10.2. The van der Waals surface area contributed by atoms with Crippen molar-refractivity contribution in [2.75, 3.05) is 18.2 Å². The fraction of sp³-hybridized carbons (Fsp3) is 0.353. The zero-order chi connectivity index (χ0) is 19.8. The van der Waals surface area contributed by atoms with Crippen molar-refractivity contribution in [1.82, 2.24) is 19.5 Å². The molecule has 1 aliphatic rings. The molecule has 0 spiro atoms. The second kappa shape index (κ2) is 7.92. The molecular weight excluding hydrogens is 425 g/mol. The van der Waals surface area contributed by atoms with Crippen LogP contribution in [0.3, 0.4) is 0 Å². The molecule has 1 fully saturated rings. The molecule has 3 heterocycles. The van der Waals surface area contributed by atoms with Crippen LogP contribution in [0.15, 0.2) is 24.5 Å². The van der Waals surface area contributed by atoms with Crippen LogP contribution in [0, 0.1) is 0 Å². The molecule has 3 N–H and O–H groups in total. The molecule has 28 heavy (non-hydrogen) atoms. The van der Waals surface area contributed by atoms with Crippen LogP contribution in [0.2, 0.25) is 10.3 Å². The van der Waals surface area contributed by atoms with Gasteiger partial charge in [0.1, 0.15) is 17.2 Å². The predicted molar refractivity (Wildman–Crippen MR) is 109 cm³/mol. The summed E-state index contributed by atoms with van der Waals surface area (Å²) in [5.74, 6) is 1.58. The number of aromatic nitrogens is 4. The lowest BCUT2D eigenvalue weighted by atomic mass is 10.2. The van der Waals surface area contributed by atoms with Gasteiger partial charge in [-0.15, -0.1) is 11.8 Å². The third-order valence-corrected chi connectivity index (χ3v) is 6.27. The molecule has 3 aromatic rings. The van der Waals surface area contributed by atoms with Crippen molar-refractivity contribution in [2.45, 2.75) is 24.1 Å². The zero-order valence-corrected chi connectivity index (χ0v) is 17.0. The summed E-state index contributed by atoms with van der Waals surface area (Å²) in [6.07, 6.45) is -0.138. The molecule has 4 rings (SSSR count). The molecule has 11 heteroatoms. The van der Waals surface area contributed by atoms with Crippen LogP contribution in [-0.2, 0) is 6.54 Å². The van der Waals surface area contributed by atoms with Gasteiger partial charge in [0.05, 0.1) is 19.5 Å². The van der Waals surface area contributed by atoms with Gasteiger partial charge < -0.3 is 20.3 Å². The van der Waals surface area contributed by atoms with Crippen molar-refractivity contribution in [3.63, 3.8) is 0 Å². The van der Waals surface area contributed by atoms with Crippen molar-refractivity contribution in [3.8, 4) is 5.75 Å². The Bertz CT molecular complexity index is 1020. The summed E-state index contributed by atoms with van der Waals surface area (Å²) in [7, 11) is 1.59. The molecule has 0 amide bonds. The lowest BCUT2D eigenvalue weighted by Crippen LogP contribution is -2.27. The van der Waals surface area contributed by atoms with E-state index in [9.17, 15) is 10.2 Å². The fourth-order valence-electron chi connectivity index (χ4n) is 3.09. The SMILES string of the molecule is COc1ccc(Cl)cc1CNc1nc(Cl)nc2c1ncn2[C@@H]1SC[C@H](O)[C@@H]1O. The molecule has 0 bridgehead atoms. The molecule has 2 aromatic heterocycles. The van der Waals surface area contributed by atoms with Gasteiger partial charge in [-0.05, 0) is 29.8 Å². The molecule has 1 aliphatic heterocycles. The highest BCUT2D eigenvalue weighted by atomic mass is 35.5. The van der Waals surface area contributed by atoms with E-state index in [1.807, 2.05) is 0 Å². The summed E-state index contributed by atoms with van der Waals surface area (Å²) in [5, 5.41) is 23.5. The van der Waals surface area contributed by atoms with Gasteiger partial charge in [0, 0.05) is 22.9 Å². The number of hydrogen-bond acceptors (Lipinski definition) is 8. The molecule has 3 atom stereocenters. The molecule has 0 aliphatic carbocycles. The summed E-state index contributed by atoms with van der Waals surface area (Å²) in [6, 6.07) is 5.35. The third-order valence-electron chi connectivity index (χ3n) is 4.48. The first kappa shape index (κ1) is 19.5. The standard InChI is InChI=1S/C17H17Cl2N5O3S/c1-27-11-3-2-9(18)4-8(11)5-20-14-12-15(23-17(19)22-14)24(7-21-12)16-13(26)10(25)6-28-16/h2-4,7,10,13,16,25-26H,5-6H2,1H3,(H,20,22,23)/t10-,13-,16+/m0/s1. The van der Waals surface area contributed by atoms with E-state index in [1.54, 1.807) is 36.2 Å². The number of thioether (sulfide) groups is 1. The van der Waals surface area contributed by atoms with Crippen molar-refractivity contribution in [3.05, 3.63) is 40.4 Å². The fourth-order valence-corrected chi connectivity index (χ4v) is 4.74. The minimum atomic E-state index is -0.914. The van der Waals surface area contributed by atoms with Gasteiger partial charge >= 0.3 is 0 Å². The van der Waals surface area contributed by atoms with Gasteiger partial charge in [-0.25, -0.2) is 4.98 Å². The van der Waals surface area contributed by atoms with Crippen LogP contribution in [0.4, 0.5) is 5.82 Å². The smallest absolute Gasteiger partial charge is 0.226 e. The highest BCUT2D eigenvalue weighted by Gasteiger charge is 2.36. The Morgan fingerprint density at radius 1 is 1.32 bits per heavy atom. The van der Waals surface area contributed by atoms with Crippen molar-refractivity contribution >= 4 is 51.9 Å². The second-order valence-corrected chi connectivity index (χ2v) is 8.18. The van der Waals surface area contributed by atoms with Crippen LogP contribution >= 0.6 is 35.0 Å². The number of methoxy groups -OCH3 is 1. The van der Waals surface area contributed by atoms with Gasteiger partial charge in [0.2, 0.25) is 5.28 Å². The molecule has 1 saturated heterocycles. The van der Waals surface area contributed by atoms with Crippen molar-refractivity contribution in [1.29, 1.82) is 0 Å². The number of aliphatic hydroxyl groups excluding tert-OH is 2. The Kier molecular flexibility index (Phi) is 5.52. The summed E-state index contributed by atoms with van der Waals surface area (Å²) >= 11 is 13.6. The van der Waals surface area contributed by atoms with E-state index in [0.29, 0.717) is 40.1 Å². The normalized spacial score (nSPS) is 22.0. The van der Waals surface area contributed by atoms with Crippen molar-refractivity contribution < 1.29 is 14.9 Å². The van der Waals surface area contributed by atoms with Gasteiger partial charge in [-0.1, -0.05) is 11.6 Å². The molecule has 1 aromatic carbocycles. The van der Waals surface area contributed by atoms with Crippen LogP contribution in [0.25, 0.3) is 11.2 Å². The van der Waals surface area contributed by atoms with E-state index >= 15 is 0 Å². The van der Waals surface area contributed by atoms with Crippen molar-refractivity contribution in [2.24, 2.45) is 0 Å². The highest BCUT2D eigenvalue weighted by Crippen LogP contribution is 2.38. The summed E-state index contributed by atoms with van der Waals surface area (Å²) in [5.41, 5.74) is 1.84. The molecule has 0 saturated carbocycles. The number of hydrogen-bond donors (Lipinski definition) is 3. The van der Waals surface area contributed by atoms with E-state index in [4.69, 9.17) is 27.9 Å². The monoisotopic (exact) mass is 441 g/mol. The van der Waals surface area contributed by atoms with Gasteiger partial charge in [0.15, 0.2) is 17.0 Å². The molecule has 8 nitrogen and oxygen atoms in total. The average molecular weight is 442 g/mol. The number of rotatable bonds is 5. The molecule has 0 unspecified atom stereocenters. The van der Waals surface area contributed by atoms with Gasteiger partial charge in [0.25, 0.3) is 0 Å². The average Bonchev–Trinajstić information content (AvgIpc) is 3.23.